The highest BCUT2D eigenvalue weighted by atomic mass is 16.5. The highest BCUT2D eigenvalue weighted by Crippen LogP contribution is 2.55. The van der Waals surface area contributed by atoms with E-state index in [1.807, 2.05) is 6.92 Å². The molecule has 1 unspecified atom stereocenters. The van der Waals surface area contributed by atoms with Crippen LogP contribution in [0.5, 0.6) is 5.75 Å². The molecule has 3 heteroatoms. The summed E-state index contributed by atoms with van der Waals surface area (Å²) in [6.45, 7) is 3.48. The van der Waals surface area contributed by atoms with Crippen LogP contribution in [-0.2, 0) is 0 Å². The SMILES string of the molecule is CCOc1ccc(C(N(C)C)C2(CN)CC2)cc1. The van der Waals surface area contributed by atoms with Gasteiger partial charge in [0, 0.05) is 11.5 Å². The van der Waals surface area contributed by atoms with Crippen molar-refractivity contribution in [2.75, 3.05) is 27.2 Å². The van der Waals surface area contributed by atoms with E-state index < -0.39 is 0 Å². The number of benzene rings is 1. The van der Waals surface area contributed by atoms with Gasteiger partial charge in [0.15, 0.2) is 0 Å². The van der Waals surface area contributed by atoms with Crippen LogP contribution in [0.15, 0.2) is 24.3 Å². The Hall–Kier alpha value is -1.06. The molecule has 0 radical (unpaired) electrons. The van der Waals surface area contributed by atoms with Crippen LogP contribution in [0, 0.1) is 5.41 Å². The van der Waals surface area contributed by atoms with Gasteiger partial charge < -0.3 is 15.4 Å². The van der Waals surface area contributed by atoms with Crippen LogP contribution < -0.4 is 10.5 Å². The molecule has 1 aliphatic carbocycles. The second kappa shape index (κ2) is 5.29. The van der Waals surface area contributed by atoms with Crippen molar-refractivity contribution in [2.45, 2.75) is 25.8 Å². The van der Waals surface area contributed by atoms with E-state index in [2.05, 4.69) is 43.3 Å². The summed E-state index contributed by atoms with van der Waals surface area (Å²) in [4.78, 5) is 2.29. The number of nitrogens with two attached hydrogens (primary N) is 1. The Morgan fingerprint density at radius 2 is 1.89 bits per heavy atom. The molecule has 2 rings (SSSR count). The number of nitrogens with zero attached hydrogens (tertiary/aromatic N) is 1. The summed E-state index contributed by atoms with van der Waals surface area (Å²) in [5.41, 5.74) is 7.60. The van der Waals surface area contributed by atoms with Gasteiger partial charge in [-0.3, -0.25) is 0 Å². The molecule has 0 aliphatic heterocycles. The molecule has 0 spiro atoms. The summed E-state index contributed by atoms with van der Waals surface area (Å²) in [5, 5.41) is 0. The van der Waals surface area contributed by atoms with Crippen LogP contribution in [0.1, 0.15) is 31.4 Å². The monoisotopic (exact) mass is 248 g/mol. The van der Waals surface area contributed by atoms with Gasteiger partial charge in [-0.15, -0.1) is 0 Å². The molecular weight excluding hydrogens is 224 g/mol. The molecule has 100 valence electrons. The second-order valence-corrected chi connectivity index (χ2v) is 5.43. The first kappa shape index (κ1) is 13.4. The lowest BCUT2D eigenvalue weighted by Gasteiger charge is -2.32. The lowest BCUT2D eigenvalue weighted by atomic mass is 9.89. The van der Waals surface area contributed by atoms with E-state index in [1.54, 1.807) is 0 Å². The Morgan fingerprint density at radius 1 is 1.28 bits per heavy atom. The van der Waals surface area contributed by atoms with E-state index in [1.165, 1.54) is 18.4 Å². The summed E-state index contributed by atoms with van der Waals surface area (Å²) in [6, 6.07) is 8.87. The number of hydrogen-bond donors (Lipinski definition) is 1. The van der Waals surface area contributed by atoms with Gasteiger partial charge in [-0.05, 0) is 58.1 Å². The second-order valence-electron chi connectivity index (χ2n) is 5.43. The topological polar surface area (TPSA) is 38.5 Å². The number of hydrogen-bond acceptors (Lipinski definition) is 3. The Labute approximate surface area is 110 Å². The predicted molar refractivity (Wildman–Crippen MR) is 74.8 cm³/mol. The highest BCUT2D eigenvalue weighted by molar-refractivity contribution is 5.31. The normalized spacial score (nSPS) is 18.7. The average Bonchev–Trinajstić information content (AvgIpc) is 3.13. The van der Waals surface area contributed by atoms with Crippen LogP contribution in [0.3, 0.4) is 0 Å². The molecule has 0 amide bonds. The fourth-order valence-corrected chi connectivity index (χ4v) is 2.86. The molecule has 1 atom stereocenters. The Kier molecular flexibility index (Phi) is 3.93. The van der Waals surface area contributed by atoms with E-state index in [-0.39, 0.29) is 5.41 Å². The van der Waals surface area contributed by atoms with Crippen molar-refractivity contribution in [2.24, 2.45) is 11.1 Å². The van der Waals surface area contributed by atoms with Gasteiger partial charge in [0.1, 0.15) is 5.75 Å². The van der Waals surface area contributed by atoms with E-state index >= 15 is 0 Å². The van der Waals surface area contributed by atoms with Crippen molar-refractivity contribution >= 4 is 0 Å². The Bertz CT molecular complexity index is 382. The molecule has 1 aromatic rings. The third-order valence-corrected chi connectivity index (χ3v) is 3.90. The van der Waals surface area contributed by atoms with E-state index in [9.17, 15) is 0 Å². The first-order chi connectivity index (χ1) is 8.63. The maximum atomic E-state index is 5.97. The van der Waals surface area contributed by atoms with Crippen molar-refractivity contribution in [1.82, 2.24) is 4.90 Å². The Morgan fingerprint density at radius 3 is 2.28 bits per heavy atom. The van der Waals surface area contributed by atoms with Gasteiger partial charge in [-0.2, -0.15) is 0 Å². The smallest absolute Gasteiger partial charge is 0.119 e. The van der Waals surface area contributed by atoms with E-state index in [0.717, 1.165) is 12.3 Å². The van der Waals surface area contributed by atoms with Gasteiger partial charge in [0.05, 0.1) is 6.61 Å². The van der Waals surface area contributed by atoms with Gasteiger partial charge in [0.2, 0.25) is 0 Å². The molecule has 18 heavy (non-hydrogen) atoms. The fraction of sp³-hybridized carbons (Fsp3) is 0.600. The highest BCUT2D eigenvalue weighted by Gasteiger charge is 2.49. The maximum Gasteiger partial charge on any atom is 0.119 e. The van der Waals surface area contributed by atoms with E-state index in [0.29, 0.717) is 12.6 Å². The third-order valence-electron chi connectivity index (χ3n) is 3.90. The quantitative estimate of drug-likeness (QED) is 0.840. The lowest BCUT2D eigenvalue weighted by Crippen LogP contribution is -2.33. The summed E-state index contributed by atoms with van der Waals surface area (Å²) < 4.78 is 5.49. The minimum absolute atomic E-state index is 0.288. The van der Waals surface area contributed by atoms with E-state index in [4.69, 9.17) is 10.5 Å². The zero-order valence-electron chi connectivity index (χ0n) is 11.6. The minimum Gasteiger partial charge on any atom is -0.494 e. The summed E-state index contributed by atoms with van der Waals surface area (Å²) in [7, 11) is 4.27. The molecule has 3 nitrogen and oxygen atoms in total. The van der Waals surface area contributed by atoms with Gasteiger partial charge in [0.25, 0.3) is 0 Å². The van der Waals surface area contributed by atoms with Crippen molar-refractivity contribution in [3.63, 3.8) is 0 Å². The minimum atomic E-state index is 0.288. The molecule has 2 N–H and O–H groups in total. The summed E-state index contributed by atoms with van der Waals surface area (Å²) in [5.74, 6) is 0.941. The van der Waals surface area contributed by atoms with Crippen LogP contribution in [0.25, 0.3) is 0 Å². The van der Waals surface area contributed by atoms with Crippen LogP contribution in [-0.4, -0.2) is 32.1 Å². The van der Waals surface area contributed by atoms with Crippen molar-refractivity contribution < 1.29 is 4.74 Å². The molecule has 1 aliphatic rings. The number of ether oxygens (including phenoxy) is 1. The van der Waals surface area contributed by atoms with Gasteiger partial charge >= 0.3 is 0 Å². The summed E-state index contributed by atoms with van der Waals surface area (Å²) >= 11 is 0. The van der Waals surface area contributed by atoms with Crippen LogP contribution in [0.2, 0.25) is 0 Å². The summed E-state index contributed by atoms with van der Waals surface area (Å²) in [6.07, 6.45) is 2.47. The molecule has 0 bridgehead atoms. The predicted octanol–water partition coefficient (Wildman–Crippen LogP) is 2.43. The van der Waals surface area contributed by atoms with Gasteiger partial charge in [-0.1, -0.05) is 12.1 Å². The molecule has 0 aromatic heterocycles. The Balaban J connectivity index is 2.21. The molecule has 0 heterocycles. The van der Waals surface area contributed by atoms with Crippen LogP contribution in [0.4, 0.5) is 0 Å². The zero-order valence-corrected chi connectivity index (χ0v) is 11.6. The van der Waals surface area contributed by atoms with Crippen LogP contribution >= 0.6 is 0 Å². The van der Waals surface area contributed by atoms with Crippen molar-refractivity contribution in [1.29, 1.82) is 0 Å². The first-order valence-electron chi connectivity index (χ1n) is 6.72. The zero-order chi connectivity index (χ0) is 13.2. The fourth-order valence-electron chi connectivity index (χ4n) is 2.86. The van der Waals surface area contributed by atoms with Crippen molar-refractivity contribution in [3.8, 4) is 5.75 Å². The number of rotatable bonds is 6. The molecule has 1 aromatic carbocycles. The molecular formula is C15H24N2O. The molecule has 1 saturated carbocycles. The maximum absolute atomic E-state index is 5.97. The standard InChI is InChI=1S/C15H24N2O/c1-4-18-13-7-5-12(6-8-13)14(17(2)3)15(11-16)9-10-15/h5-8,14H,4,9-11,16H2,1-3H3. The molecule has 1 fully saturated rings. The van der Waals surface area contributed by atoms with Crippen molar-refractivity contribution in [3.05, 3.63) is 29.8 Å². The lowest BCUT2D eigenvalue weighted by molar-refractivity contribution is 0.198. The molecule has 0 saturated heterocycles. The third kappa shape index (κ3) is 2.52. The largest absolute Gasteiger partial charge is 0.494 e. The first-order valence-corrected chi connectivity index (χ1v) is 6.72. The average molecular weight is 248 g/mol. The van der Waals surface area contributed by atoms with Gasteiger partial charge in [-0.25, -0.2) is 0 Å².